The van der Waals surface area contributed by atoms with Gasteiger partial charge in [-0.1, -0.05) is 13.5 Å². The molecule has 1 saturated carbocycles. The second kappa shape index (κ2) is 7.14. The Bertz CT molecular complexity index is 544. The van der Waals surface area contributed by atoms with Crippen LogP contribution in [-0.2, 0) is 11.2 Å². The predicted molar refractivity (Wildman–Crippen MR) is 87.0 cm³/mol. The monoisotopic (exact) mass is 302 g/mol. The van der Waals surface area contributed by atoms with Crippen molar-refractivity contribution in [1.82, 2.24) is 9.88 Å². The van der Waals surface area contributed by atoms with Crippen molar-refractivity contribution in [3.63, 3.8) is 0 Å². The summed E-state index contributed by atoms with van der Waals surface area (Å²) >= 11 is 0. The number of hydrogen-bond donors (Lipinski definition) is 0. The molecule has 1 aliphatic carbocycles. The maximum Gasteiger partial charge on any atom is 0.184 e. The maximum atomic E-state index is 12.5. The van der Waals surface area contributed by atoms with Gasteiger partial charge in [0.1, 0.15) is 11.5 Å². The molecule has 2 heterocycles. The number of piperidine rings is 1. The van der Waals surface area contributed by atoms with Crippen molar-refractivity contribution >= 4 is 11.6 Å². The van der Waals surface area contributed by atoms with E-state index in [1.807, 2.05) is 12.1 Å². The van der Waals surface area contributed by atoms with Crippen LogP contribution < -0.4 is 0 Å². The summed E-state index contributed by atoms with van der Waals surface area (Å²) in [6, 6.07) is 5.49. The lowest BCUT2D eigenvalue weighted by molar-refractivity contribution is -0.119. The minimum absolute atomic E-state index is 0. The summed E-state index contributed by atoms with van der Waals surface area (Å²) in [5, 5.41) is 0. The van der Waals surface area contributed by atoms with Gasteiger partial charge in [-0.3, -0.25) is 9.59 Å². The minimum atomic E-state index is 0. The lowest BCUT2D eigenvalue weighted by Gasteiger charge is -2.27. The van der Waals surface area contributed by atoms with Crippen LogP contribution in [0.4, 0.5) is 0 Å². The molecule has 0 bridgehead atoms. The highest BCUT2D eigenvalue weighted by atomic mass is 16.1. The number of aromatic nitrogens is 1. The van der Waals surface area contributed by atoms with Crippen molar-refractivity contribution in [2.75, 3.05) is 20.1 Å². The van der Waals surface area contributed by atoms with Gasteiger partial charge in [-0.15, -0.1) is 0 Å². The van der Waals surface area contributed by atoms with E-state index in [0.29, 0.717) is 12.1 Å². The van der Waals surface area contributed by atoms with Crippen LogP contribution in [0.25, 0.3) is 0 Å². The zero-order chi connectivity index (χ0) is 14.8. The number of carbonyl (C=O) groups excluding carboxylic acids is 2. The molecule has 22 heavy (non-hydrogen) atoms. The lowest BCUT2D eigenvalue weighted by Crippen LogP contribution is -2.33. The van der Waals surface area contributed by atoms with Crippen molar-refractivity contribution in [1.29, 1.82) is 0 Å². The van der Waals surface area contributed by atoms with Crippen LogP contribution >= 0.6 is 0 Å². The van der Waals surface area contributed by atoms with Gasteiger partial charge in [-0.05, 0) is 58.0 Å². The average Bonchev–Trinajstić information content (AvgIpc) is 3.32. The summed E-state index contributed by atoms with van der Waals surface area (Å²) < 4.78 is 0. The molecule has 0 amide bonds. The highest BCUT2D eigenvalue weighted by molar-refractivity contribution is 5.96. The van der Waals surface area contributed by atoms with Crippen LogP contribution in [0.3, 0.4) is 0 Å². The molecular formula is C18H26N2O2. The number of carbonyl (C=O) groups is 2. The zero-order valence-electron chi connectivity index (χ0n) is 12.5. The number of hydrogen-bond acceptors (Lipinski definition) is 4. The summed E-state index contributed by atoms with van der Waals surface area (Å²) in [6.07, 6.45) is 4.23. The molecule has 120 valence electrons. The number of pyridine rings is 1. The van der Waals surface area contributed by atoms with Gasteiger partial charge in [0.2, 0.25) is 0 Å². The molecule has 1 aliphatic heterocycles. The molecule has 1 saturated heterocycles. The molecule has 0 radical (unpaired) electrons. The molecule has 0 N–H and O–H groups in total. The molecule has 2 aliphatic rings. The van der Waals surface area contributed by atoms with E-state index in [1.54, 1.807) is 6.07 Å². The topological polar surface area (TPSA) is 50.3 Å². The minimum Gasteiger partial charge on any atom is -0.306 e. The first kappa shape index (κ1) is 16.8. The van der Waals surface area contributed by atoms with Crippen molar-refractivity contribution < 1.29 is 9.59 Å². The van der Waals surface area contributed by atoms with Crippen molar-refractivity contribution in [3.8, 4) is 0 Å². The summed E-state index contributed by atoms with van der Waals surface area (Å²) in [5.41, 5.74) is 1.27. The van der Waals surface area contributed by atoms with Crippen molar-refractivity contribution in [3.05, 3.63) is 29.6 Å². The van der Waals surface area contributed by atoms with Gasteiger partial charge in [0.15, 0.2) is 5.78 Å². The third kappa shape index (κ3) is 4.01. The molecule has 0 aromatic carbocycles. The van der Waals surface area contributed by atoms with E-state index in [-0.39, 0.29) is 30.8 Å². The molecule has 0 unspecified atom stereocenters. The number of Topliss-reactive ketones (excluding diaryl/α,β-unsaturated/α-hetero) is 2. The first-order chi connectivity index (χ1) is 10.1. The van der Waals surface area contributed by atoms with Crippen LogP contribution in [0.1, 0.15) is 49.3 Å². The van der Waals surface area contributed by atoms with Gasteiger partial charge in [-0.2, -0.15) is 0 Å². The van der Waals surface area contributed by atoms with Crippen molar-refractivity contribution in [2.45, 2.75) is 39.5 Å². The molecule has 4 heteroatoms. The van der Waals surface area contributed by atoms with E-state index < -0.39 is 0 Å². The molecule has 0 spiro atoms. The highest BCUT2D eigenvalue weighted by Gasteiger charge is 2.30. The Morgan fingerprint density at radius 3 is 2.45 bits per heavy atom. The van der Waals surface area contributed by atoms with Gasteiger partial charge < -0.3 is 4.90 Å². The fourth-order valence-electron chi connectivity index (χ4n) is 2.92. The SMILES string of the molecule is C.CN1CCC(C(=O)c2cccc(CC(=O)C3CC3)n2)CC1. The quantitative estimate of drug-likeness (QED) is 0.785. The third-order valence-corrected chi connectivity index (χ3v) is 4.54. The molecule has 1 aromatic heterocycles. The number of rotatable bonds is 5. The third-order valence-electron chi connectivity index (χ3n) is 4.54. The first-order valence-electron chi connectivity index (χ1n) is 7.85. The van der Waals surface area contributed by atoms with E-state index >= 15 is 0 Å². The smallest absolute Gasteiger partial charge is 0.184 e. The number of likely N-dealkylation sites (tertiary alicyclic amines) is 1. The average molecular weight is 302 g/mol. The summed E-state index contributed by atoms with van der Waals surface area (Å²) in [6.45, 7) is 1.94. The largest absolute Gasteiger partial charge is 0.306 e. The predicted octanol–water partition coefficient (Wildman–Crippen LogP) is 2.76. The Labute approximate surface area is 132 Å². The van der Waals surface area contributed by atoms with Crippen LogP contribution in [0.15, 0.2) is 18.2 Å². The van der Waals surface area contributed by atoms with Gasteiger partial charge in [0, 0.05) is 24.0 Å². The molecule has 2 fully saturated rings. The highest BCUT2D eigenvalue weighted by Crippen LogP contribution is 2.30. The van der Waals surface area contributed by atoms with Crippen LogP contribution in [-0.4, -0.2) is 41.6 Å². The van der Waals surface area contributed by atoms with E-state index in [4.69, 9.17) is 0 Å². The Kier molecular flexibility index (Phi) is 5.46. The first-order valence-corrected chi connectivity index (χ1v) is 7.85. The summed E-state index contributed by atoms with van der Waals surface area (Å²) in [4.78, 5) is 31.1. The fraction of sp³-hybridized carbons (Fsp3) is 0.611. The Hall–Kier alpha value is -1.55. The molecule has 1 aromatic rings. The van der Waals surface area contributed by atoms with Gasteiger partial charge in [0.25, 0.3) is 0 Å². The van der Waals surface area contributed by atoms with Crippen molar-refractivity contribution in [2.24, 2.45) is 11.8 Å². The van der Waals surface area contributed by atoms with E-state index in [2.05, 4.69) is 16.9 Å². The summed E-state index contributed by atoms with van der Waals surface area (Å²) in [7, 11) is 2.09. The Morgan fingerprint density at radius 2 is 1.82 bits per heavy atom. The van der Waals surface area contributed by atoms with E-state index in [9.17, 15) is 9.59 Å². The lowest BCUT2D eigenvalue weighted by atomic mass is 9.91. The summed E-state index contributed by atoms with van der Waals surface area (Å²) in [5.74, 6) is 0.748. The second-order valence-electron chi connectivity index (χ2n) is 6.37. The Morgan fingerprint density at radius 1 is 1.14 bits per heavy atom. The van der Waals surface area contributed by atoms with Gasteiger partial charge >= 0.3 is 0 Å². The second-order valence-corrected chi connectivity index (χ2v) is 6.37. The standard InChI is InChI=1S/C17H22N2O2.CH4/c1-19-9-7-13(8-10-19)17(21)15-4-2-3-14(18-15)11-16(20)12-5-6-12;/h2-4,12-13H,5-11H2,1H3;1H4. The Balaban J connectivity index is 0.00000176. The van der Waals surface area contributed by atoms with E-state index in [1.165, 1.54) is 0 Å². The van der Waals surface area contributed by atoms with Gasteiger partial charge in [-0.25, -0.2) is 4.98 Å². The van der Waals surface area contributed by atoms with Crippen LogP contribution in [0.5, 0.6) is 0 Å². The number of ketones is 2. The van der Waals surface area contributed by atoms with Crippen LogP contribution in [0, 0.1) is 11.8 Å². The van der Waals surface area contributed by atoms with Gasteiger partial charge in [0.05, 0.1) is 0 Å². The normalized spacial score (nSPS) is 19.5. The molecule has 0 atom stereocenters. The van der Waals surface area contributed by atoms with Crippen LogP contribution in [0.2, 0.25) is 0 Å². The molecule has 4 nitrogen and oxygen atoms in total. The number of nitrogens with zero attached hydrogens (tertiary/aromatic N) is 2. The zero-order valence-corrected chi connectivity index (χ0v) is 12.5. The maximum absolute atomic E-state index is 12.5. The van der Waals surface area contributed by atoms with E-state index in [0.717, 1.165) is 44.5 Å². The molecule has 3 rings (SSSR count). The fourth-order valence-corrected chi connectivity index (χ4v) is 2.92. The molecular weight excluding hydrogens is 276 g/mol.